The minimum Gasteiger partial charge on any atom is -0.383 e. The van der Waals surface area contributed by atoms with Crippen LogP contribution in [0.25, 0.3) is 0 Å². The summed E-state index contributed by atoms with van der Waals surface area (Å²) in [6, 6.07) is 8.66. The van der Waals surface area contributed by atoms with Gasteiger partial charge in [0.25, 0.3) is 0 Å². The zero-order valence-electron chi connectivity index (χ0n) is 9.39. The first-order valence-corrected chi connectivity index (χ1v) is 6.36. The summed E-state index contributed by atoms with van der Waals surface area (Å²) in [6.07, 6.45) is 3.24. The topological polar surface area (TPSA) is 35.8 Å². The molecule has 0 bridgehead atoms. The first-order chi connectivity index (χ1) is 7.65. The average molecular weight is 279 g/mol. The number of anilines is 1. The first kappa shape index (κ1) is 11.5. The van der Waals surface area contributed by atoms with Crippen molar-refractivity contribution >= 4 is 21.6 Å². The van der Waals surface area contributed by atoms with E-state index in [-0.39, 0.29) is 5.41 Å². The Kier molecular flexibility index (Phi) is 3.20. The van der Waals surface area contributed by atoms with Gasteiger partial charge in [0.1, 0.15) is 0 Å². The molecule has 3 heteroatoms. The third-order valence-corrected chi connectivity index (χ3v) is 3.95. The Morgan fingerprint density at radius 3 is 2.75 bits per heavy atom. The summed E-state index contributed by atoms with van der Waals surface area (Å²) in [5.74, 6) is 0. The van der Waals surface area contributed by atoms with Gasteiger partial charge in [-0.05, 0) is 53.4 Å². The summed E-state index contributed by atoms with van der Waals surface area (Å²) < 4.78 is 1.07. The molecule has 1 aromatic carbocycles. The van der Waals surface area contributed by atoms with Crippen LogP contribution in [0.3, 0.4) is 0 Å². The minimum atomic E-state index is -0.121. The van der Waals surface area contributed by atoms with Crippen LogP contribution in [0, 0.1) is 23.7 Å². The van der Waals surface area contributed by atoms with Crippen molar-refractivity contribution in [2.45, 2.75) is 26.2 Å². The van der Waals surface area contributed by atoms with E-state index in [1.807, 2.05) is 0 Å². The third-order valence-electron chi connectivity index (χ3n) is 3.29. The molecule has 1 aliphatic carbocycles. The molecular formula is C13H15BrN2. The lowest BCUT2D eigenvalue weighted by atomic mass is 9.70. The van der Waals surface area contributed by atoms with Crippen LogP contribution in [0.4, 0.5) is 5.69 Å². The summed E-state index contributed by atoms with van der Waals surface area (Å²) in [4.78, 5) is 0. The summed E-state index contributed by atoms with van der Waals surface area (Å²) >= 11 is 3.53. The highest BCUT2D eigenvalue weighted by Crippen LogP contribution is 2.40. The summed E-state index contributed by atoms with van der Waals surface area (Å²) in [7, 11) is 0. The van der Waals surface area contributed by atoms with E-state index in [0.29, 0.717) is 0 Å². The number of hydrogen-bond donors (Lipinski definition) is 1. The second-order valence-electron chi connectivity index (χ2n) is 4.58. The molecule has 1 saturated carbocycles. The van der Waals surface area contributed by atoms with Gasteiger partial charge < -0.3 is 5.32 Å². The Morgan fingerprint density at radius 1 is 1.50 bits per heavy atom. The maximum Gasteiger partial charge on any atom is 0.0746 e. The number of nitrogens with one attached hydrogen (secondary N) is 1. The molecule has 0 saturated heterocycles. The van der Waals surface area contributed by atoms with Crippen molar-refractivity contribution in [2.75, 3.05) is 11.9 Å². The molecule has 1 aromatic rings. The van der Waals surface area contributed by atoms with Gasteiger partial charge in [-0.3, -0.25) is 0 Å². The van der Waals surface area contributed by atoms with Crippen molar-refractivity contribution in [1.29, 1.82) is 5.26 Å². The molecule has 2 nitrogen and oxygen atoms in total. The predicted octanol–water partition coefficient (Wildman–Crippen LogP) is 3.86. The van der Waals surface area contributed by atoms with E-state index in [1.165, 1.54) is 12.0 Å². The molecule has 0 spiro atoms. The molecule has 0 atom stereocenters. The zero-order valence-corrected chi connectivity index (χ0v) is 11.0. The first-order valence-electron chi connectivity index (χ1n) is 5.56. The van der Waals surface area contributed by atoms with Crippen molar-refractivity contribution in [1.82, 2.24) is 0 Å². The predicted molar refractivity (Wildman–Crippen MR) is 69.3 cm³/mol. The van der Waals surface area contributed by atoms with Crippen LogP contribution in [0.1, 0.15) is 24.8 Å². The second kappa shape index (κ2) is 4.47. The molecule has 84 valence electrons. The highest BCUT2D eigenvalue weighted by Gasteiger charge is 2.36. The van der Waals surface area contributed by atoms with E-state index in [1.54, 1.807) is 0 Å². The van der Waals surface area contributed by atoms with Gasteiger partial charge in [0, 0.05) is 16.7 Å². The molecule has 0 heterocycles. The molecule has 1 fully saturated rings. The normalized spacial score (nSPS) is 17.3. The van der Waals surface area contributed by atoms with E-state index in [9.17, 15) is 0 Å². The van der Waals surface area contributed by atoms with Gasteiger partial charge in [-0.15, -0.1) is 0 Å². The number of nitriles is 1. The molecule has 16 heavy (non-hydrogen) atoms. The second-order valence-corrected chi connectivity index (χ2v) is 5.44. The van der Waals surface area contributed by atoms with E-state index in [4.69, 9.17) is 5.26 Å². The molecule has 0 radical (unpaired) electrons. The molecule has 2 rings (SSSR count). The lowest BCUT2D eigenvalue weighted by molar-refractivity contribution is 0.233. The van der Waals surface area contributed by atoms with Gasteiger partial charge in [0.15, 0.2) is 0 Å². The van der Waals surface area contributed by atoms with Crippen molar-refractivity contribution in [3.63, 3.8) is 0 Å². The molecule has 0 aliphatic heterocycles. The number of rotatable bonds is 3. The Labute approximate surface area is 105 Å². The Hall–Kier alpha value is -1.01. The van der Waals surface area contributed by atoms with Crippen LogP contribution in [0.5, 0.6) is 0 Å². The zero-order chi connectivity index (χ0) is 11.6. The standard InChI is InChI=1S/C13H15BrN2/c1-10-3-4-12(11(14)7-10)16-9-13(8-15)5-2-6-13/h3-4,7,16H,2,5-6,9H2,1H3. The quantitative estimate of drug-likeness (QED) is 0.911. The molecule has 1 N–H and O–H groups in total. The average Bonchev–Trinajstić information content (AvgIpc) is 2.19. The van der Waals surface area contributed by atoms with Gasteiger partial charge in [0.05, 0.1) is 11.5 Å². The fraction of sp³-hybridized carbons (Fsp3) is 0.462. The van der Waals surface area contributed by atoms with Crippen molar-refractivity contribution in [3.8, 4) is 6.07 Å². The fourth-order valence-corrected chi connectivity index (χ4v) is 2.59. The van der Waals surface area contributed by atoms with E-state index in [0.717, 1.165) is 29.5 Å². The van der Waals surface area contributed by atoms with E-state index < -0.39 is 0 Å². The summed E-state index contributed by atoms with van der Waals surface area (Å²) in [5, 5.41) is 12.5. The number of hydrogen-bond acceptors (Lipinski definition) is 2. The Balaban J connectivity index is 2.02. The van der Waals surface area contributed by atoms with Gasteiger partial charge >= 0.3 is 0 Å². The molecule has 1 aliphatic rings. The highest BCUT2D eigenvalue weighted by molar-refractivity contribution is 9.10. The maximum atomic E-state index is 9.13. The van der Waals surface area contributed by atoms with Crippen molar-refractivity contribution < 1.29 is 0 Å². The monoisotopic (exact) mass is 278 g/mol. The van der Waals surface area contributed by atoms with Gasteiger partial charge in [-0.1, -0.05) is 12.5 Å². The largest absolute Gasteiger partial charge is 0.383 e. The van der Waals surface area contributed by atoms with Crippen molar-refractivity contribution in [2.24, 2.45) is 5.41 Å². The Bertz CT molecular complexity index is 430. The molecular weight excluding hydrogens is 264 g/mol. The lowest BCUT2D eigenvalue weighted by Crippen LogP contribution is -2.35. The SMILES string of the molecule is Cc1ccc(NCC2(C#N)CCC2)c(Br)c1. The highest BCUT2D eigenvalue weighted by atomic mass is 79.9. The van der Waals surface area contributed by atoms with Gasteiger partial charge in [-0.25, -0.2) is 0 Å². The van der Waals surface area contributed by atoms with Gasteiger partial charge in [-0.2, -0.15) is 5.26 Å². The van der Waals surface area contributed by atoms with E-state index >= 15 is 0 Å². The van der Waals surface area contributed by atoms with Gasteiger partial charge in [0.2, 0.25) is 0 Å². The number of halogens is 1. The van der Waals surface area contributed by atoms with Crippen LogP contribution in [0.15, 0.2) is 22.7 Å². The number of aryl methyl sites for hydroxylation is 1. The van der Waals surface area contributed by atoms with Crippen LogP contribution >= 0.6 is 15.9 Å². The summed E-state index contributed by atoms with van der Waals surface area (Å²) in [6.45, 7) is 2.82. The lowest BCUT2D eigenvalue weighted by Gasteiger charge is -2.35. The van der Waals surface area contributed by atoms with Crippen LogP contribution < -0.4 is 5.32 Å². The third kappa shape index (κ3) is 2.22. The van der Waals surface area contributed by atoms with Crippen LogP contribution in [-0.4, -0.2) is 6.54 Å². The number of benzene rings is 1. The Morgan fingerprint density at radius 2 is 2.25 bits per heavy atom. The van der Waals surface area contributed by atoms with Crippen LogP contribution in [-0.2, 0) is 0 Å². The van der Waals surface area contributed by atoms with Crippen molar-refractivity contribution in [3.05, 3.63) is 28.2 Å². The molecule has 0 amide bonds. The minimum absolute atomic E-state index is 0.121. The summed E-state index contributed by atoms with van der Waals surface area (Å²) in [5.41, 5.74) is 2.19. The smallest absolute Gasteiger partial charge is 0.0746 e. The molecule has 0 unspecified atom stereocenters. The van der Waals surface area contributed by atoms with E-state index in [2.05, 4.69) is 52.4 Å². The number of nitrogens with zero attached hydrogens (tertiary/aromatic N) is 1. The molecule has 0 aromatic heterocycles. The maximum absolute atomic E-state index is 9.13. The fourth-order valence-electron chi connectivity index (χ4n) is 1.96. The van der Waals surface area contributed by atoms with Crippen LogP contribution in [0.2, 0.25) is 0 Å².